The van der Waals surface area contributed by atoms with Crippen LogP contribution >= 0.6 is 0 Å². The molecule has 0 heterocycles. The molecular weight excluding hydrogens is 2060 g/mol. The van der Waals surface area contributed by atoms with Crippen LogP contribution in [-0.2, 0) is 94.3 Å². The molecule has 2 unspecified atom stereocenters. The lowest BCUT2D eigenvalue weighted by molar-refractivity contribution is -0.0770. The molecule has 0 bridgehead atoms. The van der Waals surface area contributed by atoms with E-state index in [1.165, 1.54) is 0 Å². The minimum Gasteiger partial charge on any atom is -0.456 e. The van der Waals surface area contributed by atoms with Gasteiger partial charge in [-0.2, -0.15) is 0 Å². The standard InChI is InChI=1S/C33H88O12Si10.C29H76O10Si8.C21H52O6Si4/c1-46(2,3)38-50(13,14)42-54(21,43-51(15,16)39-47(4,5)6)27-23-25-36-31-33(29-34,30-35)32-37-26-24-28-55(22,44-52(17,18)40-48(7,8)9)45-53(19,20)41-49(10,11)12;1-40(2,3)34-44(13,14)38-46(17,36-42(7,8)9)23-19-21-32-27-29(25-30,26-31)28-33-22-20-24-47(18,37-43(10,11)12)39-45(15,16)35-41(4,5)6;1-28(2,3)26-30(7,8)15-11-13-24-19-21(17-22,18-23)20-25-14-12-16-31(9,10)27-29(4,5)6/h34-35H,23-32H2,1-22H3;30-31H,19-28H2,1-18H3;22-23H,11-20H2,1-10H3. The summed E-state index contributed by atoms with van der Waals surface area (Å²) >= 11 is 0. The van der Waals surface area contributed by atoms with Gasteiger partial charge in [-0.05, 0) is 402 Å². The number of hydrogen-bond acceptors (Lipinski definition) is 28. The van der Waals surface area contributed by atoms with E-state index in [1.54, 1.807) is 0 Å². The predicted octanol–water partition coefficient (Wildman–Crippen LogP) is 21.8. The average molecular weight is 2280 g/mol. The van der Waals surface area contributed by atoms with Gasteiger partial charge in [0, 0.05) is 39.6 Å². The van der Waals surface area contributed by atoms with Crippen LogP contribution in [0.25, 0.3) is 0 Å². The first-order valence-corrected chi connectivity index (χ1v) is 117. The van der Waals surface area contributed by atoms with Gasteiger partial charge in [-0.25, -0.2) is 0 Å². The summed E-state index contributed by atoms with van der Waals surface area (Å²) in [6.07, 6.45) is 4.82. The van der Waals surface area contributed by atoms with E-state index in [9.17, 15) is 30.6 Å². The number of rotatable bonds is 74. The first-order valence-electron chi connectivity index (χ1n) is 49.3. The summed E-state index contributed by atoms with van der Waals surface area (Å²) in [5.74, 6) is 0. The van der Waals surface area contributed by atoms with Crippen LogP contribution in [0.4, 0.5) is 0 Å². The van der Waals surface area contributed by atoms with E-state index in [0.29, 0.717) is 77.8 Å². The predicted molar refractivity (Wildman–Crippen MR) is 608 cm³/mol. The van der Waals surface area contributed by atoms with Crippen molar-refractivity contribution < 1.29 is 125 Å². The molecule has 804 valence electrons. The molecule has 0 radical (unpaired) electrons. The van der Waals surface area contributed by atoms with E-state index in [-0.39, 0.29) is 66.1 Å². The summed E-state index contributed by atoms with van der Waals surface area (Å²) in [7, 11) is -46.1. The van der Waals surface area contributed by atoms with Crippen LogP contribution in [-0.4, -0.2) is 335 Å². The van der Waals surface area contributed by atoms with Gasteiger partial charge in [0.15, 0.2) is 99.8 Å². The van der Waals surface area contributed by atoms with Crippen LogP contribution in [0, 0.1) is 16.2 Å². The number of hydrogen-bond donors (Lipinski definition) is 6. The largest absolute Gasteiger partial charge is 0.456 e. The van der Waals surface area contributed by atoms with E-state index in [1.807, 2.05) is 0 Å². The molecular formula is C83H216O28Si22. The lowest BCUT2D eigenvalue weighted by Gasteiger charge is -2.43. The SMILES string of the molecule is C[Si](C)(C)O[Si](C)(C)CCCOCC(CO)(CO)COCCC[Si](C)(C)O[Si](C)(C)C.C[Si](C)(C)O[Si](C)(C)O[Si](C)(CCCOCC(CO)(CO)COCCC[Si](C)(O[Si](C)(C)C)O[Si](C)(C)O[Si](C)(C)C)O[Si](C)(C)C.C[Si](C)(C)O[Si](C)(C)O[Si](C)(CCCOCC(CO)(CO)COCCC[Si](C)(O[Si](C)(C)O[Si](C)(C)C)O[Si](C)(C)O[Si](C)(C)C)O[Si](C)(C)O[Si](C)(C)C. The Morgan fingerprint density at radius 1 is 0.150 bits per heavy atom. The topological polar surface area (TPSA) is 324 Å². The van der Waals surface area contributed by atoms with Gasteiger partial charge < -0.3 is 125 Å². The van der Waals surface area contributed by atoms with Crippen LogP contribution < -0.4 is 0 Å². The Kier molecular flexibility index (Phi) is 61.6. The van der Waals surface area contributed by atoms with E-state index < -0.39 is 202 Å². The summed E-state index contributed by atoms with van der Waals surface area (Å²) in [6, 6.07) is 5.11. The molecule has 0 aromatic rings. The van der Waals surface area contributed by atoms with E-state index >= 15 is 0 Å². The summed E-state index contributed by atoms with van der Waals surface area (Å²) in [5, 5.41) is 61.1. The molecule has 0 rings (SSSR count). The van der Waals surface area contributed by atoms with Crippen molar-refractivity contribution in [3.63, 3.8) is 0 Å². The summed E-state index contributed by atoms with van der Waals surface area (Å²) in [6.45, 7) is 112. The molecule has 0 aliphatic rings. The van der Waals surface area contributed by atoms with Crippen molar-refractivity contribution in [2.45, 2.75) is 402 Å². The smallest absolute Gasteiger partial charge is 0.317 e. The molecule has 0 saturated carbocycles. The second-order valence-electron chi connectivity index (χ2n) is 51.6. The Hall–Kier alpha value is 3.65. The lowest BCUT2D eigenvalue weighted by atomic mass is 9.92. The van der Waals surface area contributed by atoms with Gasteiger partial charge in [-0.15, -0.1) is 0 Å². The van der Waals surface area contributed by atoms with Crippen molar-refractivity contribution in [3.8, 4) is 0 Å². The van der Waals surface area contributed by atoms with E-state index in [2.05, 4.69) is 327 Å². The first-order chi connectivity index (χ1) is 58.9. The lowest BCUT2D eigenvalue weighted by Crippen LogP contribution is -2.59. The molecule has 0 saturated heterocycles. The first kappa shape index (κ1) is 141. The highest BCUT2D eigenvalue weighted by atomic mass is 28.5. The van der Waals surface area contributed by atoms with Crippen LogP contribution in [0.5, 0.6) is 0 Å². The number of ether oxygens (including phenoxy) is 6. The Labute approximate surface area is 840 Å². The molecule has 0 aliphatic carbocycles. The van der Waals surface area contributed by atoms with Crippen molar-refractivity contribution >= 4 is 185 Å². The van der Waals surface area contributed by atoms with Gasteiger partial charge in [0.2, 0.25) is 0 Å². The van der Waals surface area contributed by atoms with Gasteiger partial charge in [0.1, 0.15) is 0 Å². The summed E-state index contributed by atoms with van der Waals surface area (Å²) < 4.78 is 143. The second-order valence-corrected chi connectivity index (χ2v) is 143. The number of aliphatic hydroxyl groups is 6. The molecule has 133 heavy (non-hydrogen) atoms. The van der Waals surface area contributed by atoms with Gasteiger partial charge in [0.05, 0.1) is 95.5 Å². The quantitative estimate of drug-likeness (QED) is 0.0243. The maximum atomic E-state index is 10.4. The normalized spacial score (nSPS) is 15.7. The molecule has 28 nitrogen and oxygen atoms in total. The third kappa shape index (κ3) is 76.8. The highest BCUT2D eigenvalue weighted by Gasteiger charge is 2.52. The molecule has 2 atom stereocenters. The second kappa shape index (κ2) is 58.2. The fourth-order valence-electron chi connectivity index (χ4n) is 17.0. The van der Waals surface area contributed by atoms with Crippen LogP contribution in [0.2, 0.25) is 364 Å². The van der Waals surface area contributed by atoms with Crippen molar-refractivity contribution in [1.82, 2.24) is 0 Å². The molecule has 0 spiro atoms. The highest BCUT2D eigenvalue weighted by molar-refractivity contribution is 6.94. The highest BCUT2D eigenvalue weighted by Crippen LogP contribution is 2.36. The zero-order valence-electron chi connectivity index (χ0n) is 95.4. The van der Waals surface area contributed by atoms with Crippen LogP contribution in [0.15, 0.2) is 0 Å². The van der Waals surface area contributed by atoms with E-state index in [0.717, 1.165) is 49.9 Å². The molecule has 0 aromatic carbocycles. The fraction of sp³-hybridized carbons (Fsp3) is 1.00. The monoisotopic (exact) mass is 2280 g/mol. The average Bonchev–Trinajstić information content (AvgIpc) is 0.801. The maximum Gasteiger partial charge on any atom is 0.317 e. The van der Waals surface area contributed by atoms with Gasteiger partial charge in [-0.3, -0.25) is 0 Å². The number of aliphatic hydroxyl groups excluding tert-OH is 6. The summed E-state index contributed by atoms with van der Waals surface area (Å²) in [5.41, 5.74) is -2.55. The maximum absolute atomic E-state index is 10.4. The van der Waals surface area contributed by atoms with Crippen molar-refractivity contribution in [2.75, 3.05) is 119 Å². The Morgan fingerprint density at radius 3 is 0.391 bits per heavy atom. The molecule has 50 heteroatoms. The third-order valence-electron chi connectivity index (χ3n) is 18.6. The van der Waals surface area contributed by atoms with Crippen LogP contribution in [0.3, 0.4) is 0 Å². The van der Waals surface area contributed by atoms with Crippen molar-refractivity contribution in [3.05, 3.63) is 0 Å². The Morgan fingerprint density at radius 2 is 0.271 bits per heavy atom. The van der Waals surface area contributed by atoms with Gasteiger partial charge >= 0.3 is 85.6 Å². The fourth-order valence-corrected chi connectivity index (χ4v) is 116. The van der Waals surface area contributed by atoms with E-state index in [4.69, 9.17) is 94.3 Å². The molecule has 0 aliphatic heterocycles. The van der Waals surface area contributed by atoms with Crippen molar-refractivity contribution in [1.29, 1.82) is 0 Å². The van der Waals surface area contributed by atoms with Crippen LogP contribution in [0.1, 0.15) is 38.5 Å². The summed E-state index contributed by atoms with van der Waals surface area (Å²) in [4.78, 5) is 0. The molecule has 6 N–H and O–H groups in total. The molecule has 0 amide bonds. The van der Waals surface area contributed by atoms with Gasteiger partial charge in [0.25, 0.3) is 0 Å². The Balaban J connectivity index is -0.00000198. The van der Waals surface area contributed by atoms with Gasteiger partial charge in [-0.1, -0.05) is 0 Å². The minimum atomic E-state index is -2.74. The molecule has 0 aromatic heterocycles. The van der Waals surface area contributed by atoms with Crippen molar-refractivity contribution in [2.24, 2.45) is 16.2 Å². The third-order valence-corrected chi connectivity index (χ3v) is 93.1. The zero-order valence-corrected chi connectivity index (χ0v) is 117. The minimum absolute atomic E-state index is 0.151. The zero-order chi connectivity index (χ0) is 105. The molecule has 0 fully saturated rings. The Bertz CT molecular complexity index is 2870.